The molecule has 5 aromatic rings. The molecule has 0 saturated carbocycles. The molecule has 1 aliphatic heterocycles. The van der Waals surface area contributed by atoms with Gasteiger partial charge in [-0.05, 0) is 60.1 Å². The van der Waals surface area contributed by atoms with E-state index in [1.807, 2.05) is 53.2 Å². The zero-order chi connectivity index (χ0) is 34.9. The Kier molecular flexibility index (Phi) is 10.1. The van der Waals surface area contributed by atoms with Crippen LogP contribution >= 0.6 is 35.4 Å². The molecule has 1 N–H and O–H groups in total. The third-order valence-corrected chi connectivity index (χ3v) is 12.2. The number of imidazole rings is 1. The minimum absolute atomic E-state index is 0.314. The van der Waals surface area contributed by atoms with Gasteiger partial charge in [0.2, 0.25) is 0 Å². The molecule has 1 fully saturated rings. The van der Waals surface area contributed by atoms with Crippen LogP contribution in [0.15, 0.2) is 85.1 Å². The van der Waals surface area contributed by atoms with Gasteiger partial charge >= 0.3 is 10.2 Å². The van der Waals surface area contributed by atoms with Gasteiger partial charge in [0.25, 0.3) is 5.91 Å². The van der Waals surface area contributed by atoms with Crippen molar-refractivity contribution in [2.45, 2.75) is 32.1 Å². The zero-order valence-corrected chi connectivity index (χ0v) is 31.2. The molecule has 1 saturated heterocycles. The number of amides is 1. The number of halogens is 2. The molecule has 0 aliphatic carbocycles. The molecule has 2 aromatic heterocycles. The Hall–Kier alpha value is -3.85. The third-order valence-electron chi connectivity index (χ3n) is 7.99. The molecule has 0 spiro atoms. The van der Waals surface area contributed by atoms with Crippen molar-refractivity contribution in [3.63, 3.8) is 0 Å². The van der Waals surface area contributed by atoms with Crippen molar-refractivity contribution in [2.24, 2.45) is 0 Å². The largest absolute Gasteiger partial charge is 0.360 e. The van der Waals surface area contributed by atoms with Gasteiger partial charge < -0.3 is 9.30 Å². The van der Waals surface area contributed by atoms with Crippen molar-refractivity contribution in [1.82, 2.24) is 24.1 Å². The molecule has 1 aliphatic rings. The first-order valence-corrected chi connectivity index (χ1v) is 21.8. The summed E-state index contributed by atoms with van der Waals surface area (Å²) >= 11 is 17.9. The summed E-state index contributed by atoms with van der Waals surface area (Å²) in [5.41, 5.74) is 5.00. The molecule has 0 atom stereocenters. The van der Waals surface area contributed by atoms with Gasteiger partial charge in [-0.2, -0.15) is 17.8 Å². The summed E-state index contributed by atoms with van der Waals surface area (Å²) in [6.45, 7) is 6.38. The maximum atomic E-state index is 13.6. The summed E-state index contributed by atoms with van der Waals surface area (Å²) in [6.07, 6.45) is 2.31. The molecule has 49 heavy (non-hydrogen) atoms. The molecule has 6 rings (SSSR count). The van der Waals surface area contributed by atoms with Crippen LogP contribution in [-0.4, -0.2) is 66.3 Å². The van der Waals surface area contributed by atoms with Gasteiger partial charge in [-0.25, -0.2) is 9.29 Å². The van der Waals surface area contributed by atoms with Crippen LogP contribution in [0.5, 0.6) is 0 Å². The van der Waals surface area contributed by atoms with Crippen LogP contribution in [0, 0.1) is 4.64 Å². The molecule has 0 unspecified atom stereocenters. The quantitative estimate of drug-likeness (QED) is 0.0834. The summed E-state index contributed by atoms with van der Waals surface area (Å²) in [6, 6.07) is 24.7. The highest BCUT2D eigenvalue weighted by Gasteiger charge is 2.43. The van der Waals surface area contributed by atoms with Crippen LogP contribution in [0.1, 0.15) is 11.4 Å². The number of aromatic nitrogens is 4. The highest BCUT2D eigenvalue weighted by molar-refractivity contribution is 7.91. The first-order valence-electron chi connectivity index (χ1n) is 15.5. The monoisotopic (exact) mass is 752 g/mol. The number of hydrogen-bond donors (Lipinski definition) is 1. The van der Waals surface area contributed by atoms with Crippen LogP contribution in [0.25, 0.3) is 28.2 Å². The Morgan fingerprint density at radius 1 is 0.959 bits per heavy atom. The van der Waals surface area contributed by atoms with Gasteiger partial charge in [-0.15, -0.1) is 0 Å². The molecule has 1 amide bonds. The number of hydrogen-bond acceptors (Lipinski definition) is 7. The van der Waals surface area contributed by atoms with E-state index >= 15 is 0 Å². The van der Waals surface area contributed by atoms with Crippen molar-refractivity contribution in [3.8, 4) is 28.2 Å². The SMILES string of the molecule is C[Si](C)(C)CCOCN1C(=O)CN(c2cccc(-n3cc(-c4ccc(Cl)cc4Cl)nc3Cc3ccc(-c4ccc(=S)[nH]n4)cc3)c2)S1(=O)=O. The Morgan fingerprint density at radius 3 is 2.41 bits per heavy atom. The van der Waals surface area contributed by atoms with E-state index in [2.05, 4.69) is 29.8 Å². The fourth-order valence-electron chi connectivity index (χ4n) is 5.29. The van der Waals surface area contributed by atoms with Crippen molar-refractivity contribution in [3.05, 3.63) is 111 Å². The second-order valence-corrected chi connectivity index (χ2v) is 21.5. The van der Waals surface area contributed by atoms with E-state index < -0.39 is 24.2 Å². The Morgan fingerprint density at radius 2 is 1.71 bits per heavy atom. The lowest BCUT2D eigenvalue weighted by Gasteiger charge is -2.21. The lowest BCUT2D eigenvalue weighted by atomic mass is 10.1. The van der Waals surface area contributed by atoms with E-state index in [-0.39, 0.29) is 13.3 Å². The molecule has 3 aromatic carbocycles. The van der Waals surface area contributed by atoms with Crippen molar-refractivity contribution in [2.75, 3.05) is 24.2 Å². The van der Waals surface area contributed by atoms with E-state index in [1.54, 1.807) is 36.4 Å². The maximum Gasteiger partial charge on any atom is 0.331 e. The summed E-state index contributed by atoms with van der Waals surface area (Å²) < 4.78 is 37.1. The second-order valence-electron chi connectivity index (χ2n) is 12.8. The van der Waals surface area contributed by atoms with Crippen molar-refractivity contribution >= 4 is 65.3 Å². The Labute approximate surface area is 301 Å². The second kappa shape index (κ2) is 14.2. The van der Waals surface area contributed by atoms with Crippen LogP contribution in [0.2, 0.25) is 35.7 Å². The number of carbonyl (C=O) groups excluding carboxylic acids is 1. The van der Waals surface area contributed by atoms with Crippen LogP contribution in [0.4, 0.5) is 5.69 Å². The Balaban J connectivity index is 1.31. The van der Waals surface area contributed by atoms with E-state index in [9.17, 15) is 13.2 Å². The lowest BCUT2D eigenvalue weighted by molar-refractivity contribution is -0.127. The lowest BCUT2D eigenvalue weighted by Crippen LogP contribution is -2.36. The van der Waals surface area contributed by atoms with E-state index in [0.29, 0.717) is 56.2 Å². The number of rotatable bonds is 11. The van der Waals surface area contributed by atoms with Gasteiger partial charge in [0.15, 0.2) is 0 Å². The van der Waals surface area contributed by atoms with Crippen LogP contribution in [0.3, 0.4) is 0 Å². The van der Waals surface area contributed by atoms with Gasteiger partial charge in [0.05, 0.1) is 22.1 Å². The minimum Gasteiger partial charge on any atom is -0.360 e. The van der Waals surface area contributed by atoms with E-state index in [0.717, 1.165) is 31.5 Å². The van der Waals surface area contributed by atoms with Crippen molar-refractivity contribution in [1.29, 1.82) is 0 Å². The van der Waals surface area contributed by atoms with Crippen LogP contribution < -0.4 is 4.31 Å². The normalized spacial score (nSPS) is 14.5. The van der Waals surface area contributed by atoms with Gasteiger partial charge in [-0.1, -0.05) is 85.4 Å². The Bertz CT molecular complexity index is 2170. The highest BCUT2D eigenvalue weighted by Crippen LogP contribution is 2.33. The number of ether oxygens (including phenoxy) is 1. The van der Waals surface area contributed by atoms with Gasteiger partial charge in [0, 0.05) is 49.1 Å². The van der Waals surface area contributed by atoms with Crippen LogP contribution in [-0.2, 0) is 26.2 Å². The predicted octanol–water partition coefficient (Wildman–Crippen LogP) is 7.76. The summed E-state index contributed by atoms with van der Waals surface area (Å²) in [5, 5.41) is 8.09. The van der Waals surface area contributed by atoms with E-state index in [4.69, 9.17) is 45.1 Å². The number of nitrogens with zero attached hydrogens (tertiary/aromatic N) is 5. The molecular formula is C34H34Cl2N6O4S2Si. The summed E-state index contributed by atoms with van der Waals surface area (Å²) in [5.74, 6) is 0.142. The zero-order valence-electron chi connectivity index (χ0n) is 27.1. The number of H-pyrrole nitrogens is 1. The summed E-state index contributed by atoms with van der Waals surface area (Å²) in [4.78, 5) is 17.9. The predicted molar refractivity (Wildman–Crippen MR) is 199 cm³/mol. The van der Waals surface area contributed by atoms with E-state index in [1.165, 1.54) is 0 Å². The maximum absolute atomic E-state index is 13.6. The molecule has 10 nitrogen and oxygen atoms in total. The molecule has 3 heterocycles. The average molecular weight is 754 g/mol. The smallest absolute Gasteiger partial charge is 0.331 e. The average Bonchev–Trinajstić information content (AvgIpc) is 3.56. The number of carbonyl (C=O) groups is 1. The first kappa shape index (κ1) is 35.0. The molecular weight excluding hydrogens is 720 g/mol. The fraction of sp³-hybridized carbons (Fsp3) is 0.235. The first-order chi connectivity index (χ1) is 23.3. The topological polar surface area (TPSA) is 113 Å². The summed E-state index contributed by atoms with van der Waals surface area (Å²) in [7, 11) is -5.53. The minimum atomic E-state index is -4.15. The number of anilines is 1. The third kappa shape index (κ3) is 7.98. The molecule has 15 heteroatoms. The standard InChI is InChI=1S/C34H34Cl2N6O4S2Si/c1-49(2,3)16-15-46-22-42-34(43)21-41(48(42,44)45)27-6-4-5-26(19-27)40-20-31(28-12-11-25(35)18-29(28)36)37-32(40)17-23-7-9-24(10-8-23)30-13-14-33(47)39-38-30/h4-14,18-20H,15-17,21-22H2,1-3H3,(H,39,47). The molecule has 0 bridgehead atoms. The number of nitrogens with one attached hydrogen (secondary N) is 1. The highest BCUT2D eigenvalue weighted by atomic mass is 35.5. The van der Waals surface area contributed by atoms with Gasteiger partial charge in [0.1, 0.15) is 23.7 Å². The van der Waals surface area contributed by atoms with Crippen molar-refractivity contribution < 1.29 is 17.9 Å². The fourth-order valence-corrected chi connectivity index (χ4v) is 8.08. The molecule has 254 valence electrons. The molecule has 0 radical (unpaired) electrons. The number of aromatic amines is 1. The number of benzene rings is 3. The van der Waals surface area contributed by atoms with Gasteiger partial charge in [-0.3, -0.25) is 9.89 Å².